The number of aromatic hydroxyl groups is 1. The van der Waals surface area contributed by atoms with Crippen LogP contribution in [0.3, 0.4) is 0 Å². The van der Waals surface area contributed by atoms with Gasteiger partial charge in [-0.1, -0.05) is 42.5 Å². The molecule has 144 valence electrons. The van der Waals surface area contributed by atoms with Crippen LogP contribution >= 0.6 is 11.3 Å². The number of benzene rings is 1. The van der Waals surface area contributed by atoms with Crippen LogP contribution in [-0.2, 0) is 13.0 Å². The van der Waals surface area contributed by atoms with Gasteiger partial charge in [0.25, 0.3) is 0 Å². The number of hydrogen-bond donors (Lipinski definition) is 2. The summed E-state index contributed by atoms with van der Waals surface area (Å²) in [5.41, 5.74) is 5.95. The summed E-state index contributed by atoms with van der Waals surface area (Å²) in [5.74, 6) is 0.966. The molecule has 6 nitrogen and oxygen atoms in total. The number of H-pyrrole nitrogens is 1. The van der Waals surface area contributed by atoms with E-state index in [1.54, 1.807) is 0 Å². The van der Waals surface area contributed by atoms with Crippen LogP contribution in [-0.4, -0.2) is 24.6 Å². The van der Waals surface area contributed by atoms with Crippen LogP contribution in [0.5, 0.6) is 5.88 Å². The van der Waals surface area contributed by atoms with Crippen molar-refractivity contribution in [3.8, 4) is 16.3 Å². The molecule has 3 aromatic heterocycles. The van der Waals surface area contributed by atoms with Gasteiger partial charge in [-0.2, -0.15) is 0 Å². The fourth-order valence-corrected chi connectivity index (χ4v) is 4.22. The van der Waals surface area contributed by atoms with Gasteiger partial charge in [0, 0.05) is 12.1 Å². The monoisotopic (exact) mass is 394 g/mol. The number of nitrogens with one attached hydrogen (secondary N) is 1. The minimum atomic E-state index is -0.262. The number of rotatable bonds is 5. The van der Waals surface area contributed by atoms with E-state index in [1.165, 1.54) is 0 Å². The van der Waals surface area contributed by atoms with Crippen LogP contribution in [0.2, 0.25) is 0 Å². The van der Waals surface area contributed by atoms with Crippen LogP contribution in [0.4, 0.5) is 0 Å². The van der Waals surface area contributed by atoms with Gasteiger partial charge in [-0.3, -0.25) is 9.78 Å². The quantitative estimate of drug-likeness (QED) is 0.532. The van der Waals surface area contributed by atoms with Gasteiger partial charge in [-0.15, -0.1) is 0 Å². The van der Waals surface area contributed by atoms with E-state index in [4.69, 9.17) is 9.97 Å². The highest BCUT2D eigenvalue weighted by molar-refractivity contribution is 7.13. The van der Waals surface area contributed by atoms with Crippen molar-refractivity contribution >= 4 is 22.5 Å². The van der Waals surface area contributed by atoms with Gasteiger partial charge < -0.3 is 9.67 Å². The van der Waals surface area contributed by atoms with E-state index in [2.05, 4.69) is 29.5 Å². The maximum absolute atomic E-state index is 11.4. The lowest BCUT2D eigenvalue weighted by Crippen LogP contribution is -2.06. The fraction of sp³-hybridized carbons (Fsp3) is 0.286. The van der Waals surface area contributed by atoms with E-state index in [0.29, 0.717) is 11.4 Å². The predicted octanol–water partition coefficient (Wildman–Crippen LogP) is 4.17. The van der Waals surface area contributed by atoms with Gasteiger partial charge >= 0.3 is 4.87 Å². The lowest BCUT2D eigenvalue weighted by molar-refractivity contribution is 0.458. The smallest absolute Gasteiger partial charge is 0.307 e. The van der Waals surface area contributed by atoms with Gasteiger partial charge in [-0.25, -0.2) is 9.97 Å². The molecule has 28 heavy (non-hydrogen) atoms. The molecule has 0 radical (unpaired) electrons. The molecule has 7 heteroatoms. The Morgan fingerprint density at radius 3 is 2.57 bits per heavy atom. The molecule has 2 N–H and O–H groups in total. The second-order valence-corrected chi connectivity index (χ2v) is 7.99. The number of imidazole rings is 1. The Kier molecular flexibility index (Phi) is 4.77. The third kappa shape index (κ3) is 3.33. The summed E-state index contributed by atoms with van der Waals surface area (Å²) in [6.07, 6.45) is 1.92. The van der Waals surface area contributed by atoms with Crippen molar-refractivity contribution in [1.82, 2.24) is 19.5 Å². The molecule has 4 rings (SSSR count). The lowest BCUT2D eigenvalue weighted by atomic mass is 10.1. The standard InChI is InChI=1S/C21H22N4O2S/c1-4-5-16-23-17-12(2)10-13(3)22-19(17)25(16)11-14-6-8-15(9-7-14)18-20(26)24-21(27)28-18/h6-10,26H,4-5,11H2,1-3H3,(H,24,27). The molecule has 0 fully saturated rings. The highest BCUT2D eigenvalue weighted by Crippen LogP contribution is 2.30. The molecule has 0 spiro atoms. The first kappa shape index (κ1) is 18.4. The maximum atomic E-state index is 11.4. The van der Waals surface area contributed by atoms with Crippen LogP contribution in [0.1, 0.15) is 36.0 Å². The predicted molar refractivity (Wildman–Crippen MR) is 112 cm³/mol. The highest BCUT2D eigenvalue weighted by Gasteiger charge is 2.15. The molecule has 0 saturated carbocycles. The summed E-state index contributed by atoms with van der Waals surface area (Å²) >= 11 is 1.01. The molecule has 0 saturated heterocycles. The van der Waals surface area contributed by atoms with E-state index in [-0.39, 0.29) is 10.8 Å². The summed E-state index contributed by atoms with van der Waals surface area (Å²) in [7, 11) is 0. The van der Waals surface area contributed by atoms with Crippen LogP contribution in [0.15, 0.2) is 35.1 Å². The number of aromatic nitrogens is 4. The maximum Gasteiger partial charge on any atom is 0.307 e. The zero-order valence-electron chi connectivity index (χ0n) is 16.1. The summed E-state index contributed by atoms with van der Waals surface area (Å²) in [6.45, 7) is 6.91. The Balaban J connectivity index is 1.72. The highest BCUT2D eigenvalue weighted by atomic mass is 32.1. The molecule has 0 aliphatic heterocycles. The molecule has 0 bridgehead atoms. The Morgan fingerprint density at radius 1 is 1.18 bits per heavy atom. The number of pyridine rings is 1. The van der Waals surface area contributed by atoms with E-state index in [1.807, 2.05) is 31.2 Å². The Bertz CT molecular complexity index is 1200. The van der Waals surface area contributed by atoms with Gasteiger partial charge in [0.1, 0.15) is 11.3 Å². The number of aromatic amines is 1. The molecule has 4 aromatic rings. The van der Waals surface area contributed by atoms with Crippen molar-refractivity contribution in [2.45, 2.75) is 40.2 Å². The van der Waals surface area contributed by atoms with Crippen molar-refractivity contribution in [3.05, 3.63) is 62.6 Å². The van der Waals surface area contributed by atoms with Crippen LogP contribution in [0.25, 0.3) is 21.6 Å². The van der Waals surface area contributed by atoms with Crippen molar-refractivity contribution in [1.29, 1.82) is 0 Å². The zero-order chi connectivity index (χ0) is 19.8. The van der Waals surface area contributed by atoms with Crippen molar-refractivity contribution in [3.63, 3.8) is 0 Å². The number of fused-ring (bicyclic) bond motifs is 1. The number of thiazole rings is 1. The molecule has 3 heterocycles. The molecule has 0 amide bonds. The molecule has 1 aromatic carbocycles. The van der Waals surface area contributed by atoms with Gasteiger partial charge in [0.05, 0.1) is 11.4 Å². The Labute approximate surface area is 166 Å². The summed E-state index contributed by atoms with van der Waals surface area (Å²) in [4.78, 5) is 23.7. The van der Waals surface area contributed by atoms with E-state index in [0.717, 1.165) is 63.6 Å². The van der Waals surface area contributed by atoms with Gasteiger partial charge in [0.2, 0.25) is 5.88 Å². The average molecular weight is 395 g/mol. The topological polar surface area (TPSA) is 83.8 Å². The fourth-order valence-electron chi connectivity index (χ4n) is 3.49. The third-order valence-corrected chi connectivity index (χ3v) is 5.68. The van der Waals surface area contributed by atoms with Crippen LogP contribution < -0.4 is 4.87 Å². The first-order valence-corrected chi connectivity index (χ1v) is 10.1. The molecule has 0 atom stereocenters. The largest absolute Gasteiger partial charge is 0.493 e. The molecule has 0 aliphatic carbocycles. The summed E-state index contributed by atoms with van der Waals surface area (Å²) < 4.78 is 2.19. The van der Waals surface area contributed by atoms with Crippen molar-refractivity contribution in [2.75, 3.05) is 0 Å². The number of aryl methyl sites for hydroxylation is 3. The normalized spacial score (nSPS) is 11.4. The first-order valence-electron chi connectivity index (χ1n) is 9.31. The van der Waals surface area contributed by atoms with Crippen molar-refractivity contribution in [2.24, 2.45) is 0 Å². The molecule has 0 unspecified atom stereocenters. The van der Waals surface area contributed by atoms with Gasteiger partial charge in [-0.05, 0) is 43.0 Å². The SMILES string of the molecule is CCCc1nc2c(C)cc(C)nc2n1Cc1ccc(-c2sc(=O)[nH]c2O)cc1. The second kappa shape index (κ2) is 7.24. The number of hydrogen-bond acceptors (Lipinski definition) is 5. The van der Waals surface area contributed by atoms with E-state index in [9.17, 15) is 9.90 Å². The first-order chi connectivity index (χ1) is 13.5. The lowest BCUT2D eigenvalue weighted by Gasteiger charge is -2.10. The van der Waals surface area contributed by atoms with Crippen molar-refractivity contribution < 1.29 is 5.11 Å². The second-order valence-electron chi connectivity index (χ2n) is 7.01. The Hall–Kier alpha value is -2.93. The number of nitrogens with zero attached hydrogens (tertiary/aromatic N) is 3. The third-order valence-electron chi connectivity index (χ3n) is 4.76. The van der Waals surface area contributed by atoms with Crippen LogP contribution in [0, 0.1) is 13.8 Å². The summed E-state index contributed by atoms with van der Waals surface area (Å²) in [6, 6.07) is 9.96. The Morgan fingerprint density at radius 2 is 1.93 bits per heavy atom. The zero-order valence-corrected chi connectivity index (χ0v) is 16.9. The van der Waals surface area contributed by atoms with E-state index >= 15 is 0 Å². The van der Waals surface area contributed by atoms with Gasteiger partial charge in [0.15, 0.2) is 5.65 Å². The van der Waals surface area contributed by atoms with E-state index < -0.39 is 0 Å². The molecular formula is C21H22N4O2S. The minimum Gasteiger partial charge on any atom is -0.493 e. The molecular weight excluding hydrogens is 372 g/mol. The molecule has 0 aliphatic rings. The minimum absolute atomic E-state index is 0.0799. The summed E-state index contributed by atoms with van der Waals surface area (Å²) in [5, 5.41) is 9.86. The average Bonchev–Trinajstić information content (AvgIpc) is 3.16.